The standard InChI is InChI=1S/C10H9ClN6O.C9H12O/c1-3-15-16-10-14-8(11)7-5(17(3)10)2-4(12)6(7)9(13)18;1-6-4-5-9(10)8(3)7(6)2/h2,12H2,1H3,(H2,13,18);4-5,10H,1-3H3. The molecule has 0 fully saturated rings. The Kier molecular flexibility index (Phi) is 4.99. The van der Waals surface area contributed by atoms with Crippen molar-refractivity contribution in [3.05, 3.63) is 56.8 Å². The lowest BCUT2D eigenvalue weighted by atomic mass is 10.0. The van der Waals surface area contributed by atoms with E-state index >= 15 is 0 Å². The molecule has 1 aromatic carbocycles. The second kappa shape index (κ2) is 7.12. The maximum Gasteiger partial charge on any atom is 0.256 e. The zero-order valence-corrected chi connectivity index (χ0v) is 16.8. The number of phenolic OH excluding ortho intramolecular Hbond substituents is 1. The van der Waals surface area contributed by atoms with Gasteiger partial charge in [0.1, 0.15) is 16.7 Å². The number of benzene rings is 1. The number of rotatable bonds is 1. The number of allylic oxidation sites excluding steroid dienone is 1. The van der Waals surface area contributed by atoms with E-state index in [4.69, 9.17) is 23.1 Å². The highest BCUT2D eigenvalue weighted by atomic mass is 35.5. The van der Waals surface area contributed by atoms with Gasteiger partial charge < -0.3 is 16.6 Å². The van der Waals surface area contributed by atoms with Gasteiger partial charge in [0.15, 0.2) is 0 Å². The second-order valence-electron chi connectivity index (χ2n) is 6.70. The van der Waals surface area contributed by atoms with Crippen LogP contribution in [0.3, 0.4) is 0 Å². The number of hydrogen-bond acceptors (Lipinski definition) is 6. The Morgan fingerprint density at radius 1 is 1.18 bits per heavy atom. The SMILES string of the molecule is Cc1ccc(O)c(C)c1C.Cc1nnc2nc(Cl)c3c(n12)CC(N)=C3C(N)=O. The quantitative estimate of drug-likeness (QED) is 0.536. The molecular formula is C19H21ClN6O2. The summed E-state index contributed by atoms with van der Waals surface area (Å²) in [7, 11) is 0. The first-order valence-electron chi connectivity index (χ1n) is 8.58. The minimum absolute atomic E-state index is 0.166. The molecule has 0 saturated heterocycles. The van der Waals surface area contributed by atoms with Crippen LogP contribution in [0.1, 0.15) is 33.8 Å². The highest BCUT2D eigenvalue weighted by Crippen LogP contribution is 2.35. The van der Waals surface area contributed by atoms with Crippen LogP contribution in [0, 0.1) is 27.7 Å². The van der Waals surface area contributed by atoms with Gasteiger partial charge in [-0.25, -0.2) is 0 Å². The zero-order chi connectivity index (χ0) is 20.7. The molecular weight excluding hydrogens is 380 g/mol. The van der Waals surface area contributed by atoms with Gasteiger partial charge in [-0.3, -0.25) is 9.20 Å². The maximum atomic E-state index is 11.4. The number of fused-ring (bicyclic) bond motifs is 3. The first-order chi connectivity index (χ1) is 13.1. The Morgan fingerprint density at radius 2 is 1.86 bits per heavy atom. The van der Waals surface area contributed by atoms with E-state index in [1.54, 1.807) is 17.4 Å². The number of aromatic hydroxyl groups is 1. The lowest BCUT2D eigenvalue weighted by molar-refractivity contribution is -0.112. The smallest absolute Gasteiger partial charge is 0.256 e. The van der Waals surface area contributed by atoms with E-state index in [1.165, 1.54) is 11.1 Å². The summed E-state index contributed by atoms with van der Waals surface area (Å²) in [5.41, 5.74) is 16.4. The zero-order valence-electron chi connectivity index (χ0n) is 16.0. The molecule has 5 N–H and O–H groups in total. The fourth-order valence-electron chi connectivity index (χ4n) is 3.18. The van der Waals surface area contributed by atoms with Gasteiger partial charge in [-0.05, 0) is 50.5 Å². The molecule has 2 heterocycles. The molecule has 1 amide bonds. The summed E-state index contributed by atoms with van der Waals surface area (Å²) < 4.78 is 1.73. The van der Waals surface area contributed by atoms with Gasteiger partial charge in [0.25, 0.3) is 11.7 Å². The van der Waals surface area contributed by atoms with E-state index in [1.807, 2.05) is 26.8 Å². The number of halogens is 1. The largest absolute Gasteiger partial charge is 0.508 e. The Bertz CT molecular complexity index is 1120. The summed E-state index contributed by atoms with van der Waals surface area (Å²) in [6.07, 6.45) is 0.380. The van der Waals surface area contributed by atoms with Gasteiger partial charge in [-0.1, -0.05) is 17.7 Å². The monoisotopic (exact) mass is 400 g/mol. The molecule has 9 heteroatoms. The van der Waals surface area contributed by atoms with E-state index in [9.17, 15) is 9.90 Å². The molecule has 0 unspecified atom stereocenters. The summed E-state index contributed by atoms with van der Waals surface area (Å²) in [5, 5.41) is 17.2. The van der Waals surface area contributed by atoms with Gasteiger partial charge in [0.2, 0.25) is 0 Å². The van der Waals surface area contributed by atoms with Gasteiger partial charge >= 0.3 is 0 Å². The summed E-state index contributed by atoms with van der Waals surface area (Å²) in [4.78, 5) is 15.5. The third kappa shape index (κ3) is 3.16. The number of amides is 1. The Hall–Kier alpha value is -3.13. The number of hydrogen-bond donors (Lipinski definition) is 3. The highest BCUT2D eigenvalue weighted by molar-refractivity contribution is 6.34. The van der Waals surface area contributed by atoms with Gasteiger partial charge in [0.05, 0.1) is 5.57 Å². The van der Waals surface area contributed by atoms with Crippen LogP contribution >= 0.6 is 11.6 Å². The number of nitrogens with two attached hydrogens (primary N) is 2. The van der Waals surface area contributed by atoms with Crippen LogP contribution in [0.5, 0.6) is 5.75 Å². The molecule has 0 spiro atoms. The molecule has 1 aliphatic rings. The minimum atomic E-state index is -0.611. The fraction of sp³-hybridized carbons (Fsp3) is 0.263. The number of aryl methyl sites for hydroxylation is 2. The molecule has 0 aliphatic heterocycles. The number of phenols is 1. The molecule has 0 atom stereocenters. The Morgan fingerprint density at radius 3 is 2.46 bits per heavy atom. The summed E-state index contributed by atoms with van der Waals surface area (Å²) >= 11 is 6.07. The highest BCUT2D eigenvalue weighted by Gasteiger charge is 2.30. The number of carbonyl (C=O) groups excluding carboxylic acids is 1. The molecule has 0 bridgehead atoms. The van der Waals surface area contributed by atoms with Gasteiger partial charge in [0, 0.05) is 23.4 Å². The normalized spacial score (nSPS) is 12.8. The summed E-state index contributed by atoms with van der Waals surface area (Å²) in [6.45, 7) is 7.78. The number of aromatic nitrogens is 4. The number of primary amides is 1. The van der Waals surface area contributed by atoms with Crippen LogP contribution in [0.4, 0.5) is 0 Å². The molecule has 28 heavy (non-hydrogen) atoms. The molecule has 4 rings (SSSR count). The summed E-state index contributed by atoms with van der Waals surface area (Å²) in [5.74, 6) is 0.821. The van der Waals surface area contributed by atoms with Crippen molar-refractivity contribution in [2.75, 3.05) is 0 Å². The van der Waals surface area contributed by atoms with Crippen molar-refractivity contribution >= 4 is 28.9 Å². The van der Waals surface area contributed by atoms with Crippen molar-refractivity contribution in [2.24, 2.45) is 11.5 Å². The Balaban J connectivity index is 0.000000192. The van der Waals surface area contributed by atoms with Crippen molar-refractivity contribution < 1.29 is 9.90 Å². The lowest BCUT2D eigenvalue weighted by Crippen LogP contribution is -2.15. The molecule has 0 saturated carbocycles. The van der Waals surface area contributed by atoms with Crippen molar-refractivity contribution in [3.63, 3.8) is 0 Å². The third-order valence-electron chi connectivity index (χ3n) is 4.98. The second-order valence-corrected chi connectivity index (χ2v) is 7.06. The maximum absolute atomic E-state index is 11.4. The van der Waals surface area contributed by atoms with E-state index in [0.717, 1.165) is 11.3 Å². The Labute approximate surface area is 166 Å². The van der Waals surface area contributed by atoms with E-state index < -0.39 is 5.91 Å². The van der Waals surface area contributed by atoms with E-state index in [-0.39, 0.29) is 10.7 Å². The van der Waals surface area contributed by atoms with Crippen LogP contribution in [-0.2, 0) is 11.2 Å². The molecule has 3 aromatic rings. The molecule has 0 radical (unpaired) electrons. The van der Waals surface area contributed by atoms with Crippen molar-refractivity contribution in [3.8, 4) is 5.75 Å². The predicted molar refractivity (Wildman–Crippen MR) is 107 cm³/mol. The average Bonchev–Trinajstić information content (AvgIpc) is 3.17. The summed E-state index contributed by atoms with van der Waals surface area (Å²) in [6, 6.07) is 3.66. The molecule has 2 aromatic heterocycles. The molecule has 1 aliphatic carbocycles. The van der Waals surface area contributed by atoms with Crippen LogP contribution in [0.15, 0.2) is 17.8 Å². The molecule has 8 nitrogen and oxygen atoms in total. The van der Waals surface area contributed by atoms with Crippen LogP contribution in [0.25, 0.3) is 11.4 Å². The van der Waals surface area contributed by atoms with E-state index in [2.05, 4.69) is 15.2 Å². The minimum Gasteiger partial charge on any atom is -0.508 e. The molecule has 146 valence electrons. The topological polar surface area (TPSA) is 132 Å². The van der Waals surface area contributed by atoms with Gasteiger partial charge in [-0.2, -0.15) is 4.98 Å². The van der Waals surface area contributed by atoms with Crippen molar-refractivity contribution in [2.45, 2.75) is 34.1 Å². The van der Waals surface area contributed by atoms with Crippen LogP contribution in [0.2, 0.25) is 5.15 Å². The van der Waals surface area contributed by atoms with Gasteiger partial charge in [-0.15, -0.1) is 10.2 Å². The average molecular weight is 401 g/mol. The van der Waals surface area contributed by atoms with E-state index in [0.29, 0.717) is 35.0 Å². The fourth-order valence-corrected chi connectivity index (χ4v) is 3.46. The van der Waals surface area contributed by atoms with Crippen LogP contribution < -0.4 is 11.5 Å². The van der Waals surface area contributed by atoms with Crippen molar-refractivity contribution in [1.82, 2.24) is 19.6 Å². The van der Waals surface area contributed by atoms with Crippen molar-refractivity contribution in [1.29, 1.82) is 0 Å². The first kappa shape index (κ1) is 19.6. The van der Waals surface area contributed by atoms with Crippen LogP contribution in [-0.4, -0.2) is 30.6 Å². The number of carbonyl (C=O) groups is 1. The lowest BCUT2D eigenvalue weighted by Gasteiger charge is -2.07. The predicted octanol–water partition coefficient (Wildman–Crippen LogP) is 2.11. The number of nitrogens with zero attached hydrogens (tertiary/aromatic N) is 4. The third-order valence-corrected chi connectivity index (χ3v) is 5.25. The first-order valence-corrected chi connectivity index (χ1v) is 8.96.